The molecular formula is C19H19N5O5S. The fourth-order valence-corrected chi connectivity index (χ4v) is 4.29. The Hall–Kier alpha value is -3.21. The van der Waals surface area contributed by atoms with Crippen LogP contribution in [0, 0.1) is 10.1 Å². The van der Waals surface area contributed by atoms with E-state index in [2.05, 4.69) is 15.5 Å². The van der Waals surface area contributed by atoms with Gasteiger partial charge in [-0.2, -0.15) is 0 Å². The van der Waals surface area contributed by atoms with Crippen molar-refractivity contribution >= 4 is 39.9 Å². The number of carbonyl (C=O) groups excluding carboxylic acids is 3. The van der Waals surface area contributed by atoms with Crippen LogP contribution in [0.4, 0.5) is 10.8 Å². The van der Waals surface area contributed by atoms with E-state index < -0.39 is 16.7 Å². The summed E-state index contributed by atoms with van der Waals surface area (Å²) < 4.78 is 0. The Morgan fingerprint density at radius 2 is 2.00 bits per heavy atom. The molecule has 156 valence electrons. The average molecular weight is 429 g/mol. The zero-order valence-corrected chi connectivity index (χ0v) is 16.8. The molecule has 30 heavy (non-hydrogen) atoms. The van der Waals surface area contributed by atoms with Crippen molar-refractivity contribution in [3.8, 4) is 0 Å². The first-order valence-electron chi connectivity index (χ1n) is 9.72. The molecule has 3 amide bonds. The summed E-state index contributed by atoms with van der Waals surface area (Å²) in [6.07, 6.45) is 4.28. The second-order valence-electron chi connectivity index (χ2n) is 7.30. The summed E-state index contributed by atoms with van der Waals surface area (Å²) in [5, 5.41) is 23.4. The van der Waals surface area contributed by atoms with Gasteiger partial charge in [0.15, 0.2) is 0 Å². The predicted molar refractivity (Wildman–Crippen MR) is 107 cm³/mol. The number of benzene rings is 1. The van der Waals surface area contributed by atoms with Crippen molar-refractivity contribution < 1.29 is 19.3 Å². The smallest absolute Gasteiger partial charge is 0.282 e. The molecule has 0 unspecified atom stereocenters. The Balaban J connectivity index is 1.22. The van der Waals surface area contributed by atoms with Gasteiger partial charge in [-0.25, -0.2) is 0 Å². The number of hydrogen-bond acceptors (Lipinski definition) is 8. The lowest BCUT2D eigenvalue weighted by molar-refractivity contribution is -0.385. The summed E-state index contributed by atoms with van der Waals surface area (Å²) in [6.45, 7) is 0.159. The minimum atomic E-state index is -0.655. The molecule has 2 aliphatic rings. The highest BCUT2D eigenvalue weighted by molar-refractivity contribution is 7.15. The van der Waals surface area contributed by atoms with Gasteiger partial charge in [0.2, 0.25) is 11.0 Å². The molecule has 0 bridgehead atoms. The van der Waals surface area contributed by atoms with Crippen molar-refractivity contribution in [2.75, 3.05) is 11.9 Å². The Labute approximate surface area is 175 Å². The van der Waals surface area contributed by atoms with E-state index in [0.29, 0.717) is 36.7 Å². The molecule has 0 radical (unpaired) electrons. The van der Waals surface area contributed by atoms with Gasteiger partial charge < -0.3 is 5.32 Å². The van der Waals surface area contributed by atoms with Gasteiger partial charge in [0.1, 0.15) is 10.6 Å². The van der Waals surface area contributed by atoms with Crippen molar-refractivity contribution in [2.24, 2.45) is 0 Å². The van der Waals surface area contributed by atoms with E-state index in [1.54, 1.807) is 0 Å². The number of nitrogens with one attached hydrogen (secondary N) is 1. The number of nitro groups is 1. The molecule has 1 fully saturated rings. The zero-order valence-electron chi connectivity index (χ0n) is 16.0. The lowest BCUT2D eigenvalue weighted by Crippen LogP contribution is -2.30. The van der Waals surface area contributed by atoms with E-state index in [4.69, 9.17) is 0 Å². The van der Waals surface area contributed by atoms with Gasteiger partial charge in [0.05, 0.1) is 10.5 Å². The molecule has 1 N–H and O–H groups in total. The topological polar surface area (TPSA) is 135 Å². The number of unbranched alkanes of at least 4 members (excludes halogenated alkanes) is 2. The highest BCUT2D eigenvalue weighted by Gasteiger charge is 2.40. The normalized spacial score (nSPS) is 15.4. The average Bonchev–Trinajstić information content (AvgIpc) is 3.42. The van der Waals surface area contributed by atoms with Crippen LogP contribution in [-0.2, 0) is 4.79 Å². The van der Waals surface area contributed by atoms with E-state index >= 15 is 0 Å². The maximum Gasteiger partial charge on any atom is 0.282 e. The molecular weight excluding hydrogens is 410 g/mol. The Morgan fingerprint density at radius 3 is 2.73 bits per heavy atom. The molecule has 1 aliphatic heterocycles. The number of rotatable bonds is 9. The molecule has 4 rings (SSSR count). The Bertz CT molecular complexity index is 1030. The fourth-order valence-electron chi connectivity index (χ4n) is 3.37. The highest BCUT2D eigenvalue weighted by atomic mass is 32.1. The van der Waals surface area contributed by atoms with Crippen LogP contribution >= 0.6 is 11.3 Å². The maximum atomic E-state index is 12.5. The fraction of sp³-hybridized carbons (Fsp3) is 0.421. The lowest BCUT2D eigenvalue weighted by Gasteiger charge is -2.13. The monoisotopic (exact) mass is 429 g/mol. The van der Waals surface area contributed by atoms with Crippen molar-refractivity contribution in [2.45, 2.75) is 44.4 Å². The van der Waals surface area contributed by atoms with Crippen LogP contribution in [0.5, 0.6) is 0 Å². The summed E-state index contributed by atoms with van der Waals surface area (Å²) in [5.74, 6) is -0.802. The quantitative estimate of drug-likeness (QED) is 0.280. The predicted octanol–water partition coefficient (Wildman–Crippen LogP) is 3.12. The van der Waals surface area contributed by atoms with Gasteiger partial charge in [0, 0.05) is 24.9 Å². The molecule has 11 heteroatoms. The zero-order chi connectivity index (χ0) is 21.3. The molecule has 1 aromatic carbocycles. The second-order valence-corrected chi connectivity index (χ2v) is 8.31. The van der Waals surface area contributed by atoms with Gasteiger partial charge in [0.25, 0.3) is 17.5 Å². The van der Waals surface area contributed by atoms with Crippen LogP contribution in [0.1, 0.15) is 70.2 Å². The highest BCUT2D eigenvalue weighted by Crippen LogP contribution is 2.42. The van der Waals surface area contributed by atoms with E-state index in [1.807, 2.05) is 0 Å². The summed E-state index contributed by atoms with van der Waals surface area (Å²) in [4.78, 5) is 48.4. The van der Waals surface area contributed by atoms with E-state index in [1.165, 1.54) is 29.5 Å². The third-order valence-corrected chi connectivity index (χ3v) is 6.07. The second kappa shape index (κ2) is 8.27. The summed E-state index contributed by atoms with van der Waals surface area (Å²) in [6, 6.07) is 4.04. The number of anilines is 1. The van der Waals surface area contributed by atoms with Crippen LogP contribution in [0.25, 0.3) is 0 Å². The summed E-state index contributed by atoms with van der Waals surface area (Å²) >= 11 is 1.41. The first-order valence-corrected chi connectivity index (χ1v) is 10.5. The molecule has 0 saturated heterocycles. The van der Waals surface area contributed by atoms with Crippen molar-refractivity contribution in [3.63, 3.8) is 0 Å². The van der Waals surface area contributed by atoms with E-state index in [9.17, 15) is 24.5 Å². The van der Waals surface area contributed by atoms with Gasteiger partial charge in [-0.05, 0) is 31.7 Å². The third-order valence-electron chi connectivity index (χ3n) is 5.07. The van der Waals surface area contributed by atoms with Crippen LogP contribution in [0.3, 0.4) is 0 Å². The summed E-state index contributed by atoms with van der Waals surface area (Å²) in [7, 11) is 0. The number of hydrogen-bond donors (Lipinski definition) is 1. The van der Waals surface area contributed by atoms with Crippen LogP contribution < -0.4 is 5.32 Å². The van der Waals surface area contributed by atoms with Crippen LogP contribution in [-0.4, -0.2) is 44.3 Å². The lowest BCUT2D eigenvalue weighted by atomic mass is 10.1. The first kappa shape index (κ1) is 20.1. The molecule has 0 spiro atoms. The molecule has 2 aromatic rings. The van der Waals surface area contributed by atoms with Crippen LogP contribution in [0.2, 0.25) is 0 Å². The third kappa shape index (κ3) is 4.06. The number of carbonyl (C=O) groups is 3. The van der Waals surface area contributed by atoms with E-state index in [0.717, 1.165) is 22.7 Å². The molecule has 1 saturated carbocycles. The molecule has 0 atom stereocenters. The van der Waals surface area contributed by atoms with Crippen molar-refractivity contribution in [1.29, 1.82) is 0 Å². The summed E-state index contributed by atoms with van der Waals surface area (Å²) in [5.41, 5.74) is -0.433. The van der Waals surface area contributed by atoms with Crippen molar-refractivity contribution in [1.82, 2.24) is 15.1 Å². The van der Waals surface area contributed by atoms with Crippen molar-refractivity contribution in [3.05, 3.63) is 44.4 Å². The number of nitrogens with zero attached hydrogens (tertiary/aromatic N) is 4. The Morgan fingerprint density at radius 1 is 1.20 bits per heavy atom. The number of amides is 3. The molecule has 10 nitrogen and oxygen atoms in total. The number of nitro benzene ring substituents is 1. The van der Waals surface area contributed by atoms with Crippen LogP contribution in [0.15, 0.2) is 18.2 Å². The number of imide groups is 1. The van der Waals surface area contributed by atoms with Gasteiger partial charge >= 0.3 is 0 Å². The minimum Gasteiger partial charge on any atom is -0.301 e. The maximum absolute atomic E-state index is 12.5. The SMILES string of the molecule is O=C(CCCCCN1C(=O)c2cccc([N+](=O)[O-])c2C1=O)Nc1nnc(C2CC2)s1. The standard InChI is InChI=1S/C19H19N5O5S/c25-14(20-19-22-21-16(30-19)11-8-9-11)7-2-1-3-10-23-17(26)12-5-4-6-13(24(28)29)15(12)18(23)27/h4-6,11H,1-3,7-10H2,(H,20,22,25). The van der Waals surface area contributed by atoms with Gasteiger partial charge in [-0.15, -0.1) is 10.2 Å². The Kier molecular flexibility index (Phi) is 5.53. The molecule has 1 aliphatic carbocycles. The number of aromatic nitrogens is 2. The van der Waals surface area contributed by atoms with Gasteiger partial charge in [-0.1, -0.05) is 23.8 Å². The first-order chi connectivity index (χ1) is 14.5. The molecule has 1 aromatic heterocycles. The minimum absolute atomic E-state index is 0.0659. The molecule has 2 heterocycles. The number of fused-ring (bicyclic) bond motifs is 1. The van der Waals surface area contributed by atoms with Gasteiger partial charge in [-0.3, -0.25) is 29.4 Å². The van der Waals surface area contributed by atoms with E-state index in [-0.39, 0.29) is 29.3 Å². The largest absolute Gasteiger partial charge is 0.301 e.